The maximum absolute atomic E-state index is 13.6. The molecule has 1 saturated heterocycles. The number of para-hydroxylation sites is 1. The van der Waals surface area contributed by atoms with E-state index in [0.29, 0.717) is 5.56 Å². The maximum Gasteiger partial charge on any atom is 0.414 e. The van der Waals surface area contributed by atoms with Gasteiger partial charge < -0.3 is 14.7 Å². The Labute approximate surface area is 136 Å². The number of aliphatic hydroxyl groups is 1. The van der Waals surface area contributed by atoms with E-state index in [1.807, 2.05) is 0 Å². The summed E-state index contributed by atoms with van der Waals surface area (Å²) in [6.45, 7) is 0.241. The predicted molar refractivity (Wildman–Crippen MR) is 75.9 cm³/mol. The molecule has 3 rings (SSSR count). The van der Waals surface area contributed by atoms with Crippen LogP contribution >= 0.6 is 0 Å². The van der Waals surface area contributed by atoms with Gasteiger partial charge in [0.25, 0.3) is 5.91 Å². The highest BCUT2D eigenvalue weighted by Crippen LogP contribution is 2.34. The van der Waals surface area contributed by atoms with Crippen LogP contribution in [0.1, 0.15) is 18.4 Å². The molecule has 1 amide bonds. The first-order valence-corrected chi connectivity index (χ1v) is 7.75. The number of halogens is 4. The maximum atomic E-state index is 13.6. The molecule has 0 saturated carbocycles. The Morgan fingerprint density at radius 2 is 1.96 bits per heavy atom. The number of hydrogen-bond acceptors (Lipinski definition) is 3. The van der Waals surface area contributed by atoms with Crippen LogP contribution < -0.4 is 4.74 Å². The number of hydrogen-bond donors (Lipinski definition) is 1. The zero-order valence-corrected chi connectivity index (χ0v) is 12.7. The van der Waals surface area contributed by atoms with Crippen molar-refractivity contribution in [2.24, 2.45) is 5.92 Å². The number of amides is 1. The zero-order chi connectivity index (χ0) is 17.5. The van der Waals surface area contributed by atoms with Crippen molar-refractivity contribution >= 4 is 5.91 Å². The van der Waals surface area contributed by atoms with Crippen LogP contribution in [0.3, 0.4) is 0 Å². The van der Waals surface area contributed by atoms with Crippen LogP contribution in [-0.4, -0.2) is 47.4 Å². The molecule has 4 nitrogen and oxygen atoms in total. The Kier molecular flexibility index (Phi) is 4.42. The largest absolute Gasteiger partial charge is 0.477 e. The number of likely N-dealkylation sites (tertiary alicyclic amines) is 1. The summed E-state index contributed by atoms with van der Waals surface area (Å²) >= 11 is 0. The lowest BCUT2D eigenvalue weighted by Gasteiger charge is -2.35. The third-order valence-electron chi connectivity index (χ3n) is 4.62. The lowest BCUT2D eigenvalue weighted by Crippen LogP contribution is -2.48. The normalized spacial score (nSPS) is 22.9. The fourth-order valence-corrected chi connectivity index (χ4v) is 3.27. The van der Waals surface area contributed by atoms with E-state index in [0.717, 1.165) is 0 Å². The van der Waals surface area contributed by atoms with Crippen LogP contribution in [0, 0.1) is 11.7 Å². The fourth-order valence-electron chi connectivity index (χ4n) is 3.27. The molecule has 2 aliphatic heterocycles. The molecule has 2 heterocycles. The monoisotopic (exact) mass is 347 g/mol. The van der Waals surface area contributed by atoms with Crippen LogP contribution in [-0.2, 0) is 11.2 Å². The fraction of sp³-hybridized carbons (Fsp3) is 0.562. The van der Waals surface area contributed by atoms with Crippen LogP contribution in [0.25, 0.3) is 0 Å². The second kappa shape index (κ2) is 6.23. The van der Waals surface area contributed by atoms with Gasteiger partial charge in [-0.2, -0.15) is 13.2 Å². The molecule has 132 valence electrons. The molecule has 2 atom stereocenters. The lowest BCUT2D eigenvalue weighted by molar-refractivity contribution is -0.223. The molecule has 0 spiro atoms. The number of alkyl halides is 3. The number of rotatable bonds is 2. The standard InChI is InChI=1S/C16H17F4NO3/c17-11-3-1-2-10-8-12(24-13(10)11)15(23)21-6-4-9(5-7-21)14(22)16(18,19)20/h1-3,9,12,14,22H,4-8H2. The molecule has 1 aromatic rings. The second-order valence-corrected chi connectivity index (χ2v) is 6.19. The zero-order valence-electron chi connectivity index (χ0n) is 12.7. The highest BCUT2D eigenvalue weighted by Gasteiger charge is 2.45. The molecule has 1 fully saturated rings. The van der Waals surface area contributed by atoms with E-state index in [-0.39, 0.29) is 44.0 Å². The number of ether oxygens (including phenoxy) is 1. The molecular weight excluding hydrogens is 330 g/mol. The molecule has 2 unspecified atom stereocenters. The van der Waals surface area contributed by atoms with Gasteiger partial charge >= 0.3 is 6.18 Å². The minimum atomic E-state index is -4.65. The summed E-state index contributed by atoms with van der Waals surface area (Å²) in [5.74, 6) is -1.73. The van der Waals surface area contributed by atoms with Crippen molar-refractivity contribution in [2.45, 2.75) is 37.6 Å². The van der Waals surface area contributed by atoms with Gasteiger partial charge in [-0.1, -0.05) is 12.1 Å². The third-order valence-corrected chi connectivity index (χ3v) is 4.62. The van der Waals surface area contributed by atoms with E-state index < -0.39 is 30.1 Å². The predicted octanol–water partition coefficient (Wildman–Crippen LogP) is 2.29. The number of benzene rings is 1. The summed E-state index contributed by atoms with van der Waals surface area (Å²) in [7, 11) is 0. The van der Waals surface area contributed by atoms with Gasteiger partial charge in [0.05, 0.1) is 0 Å². The Morgan fingerprint density at radius 3 is 2.54 bits per heavy atom. The number of nitrogens with zero attached hydrogens (tertiary/aromatic N) is 1. The molecule has 1 N–H and O–H groups in total. The summed E-state index contributed by atoms with van der Waals surface area (Å²) in [6, 6.07) is 4.46. The average Bonchev–Trinajstić information content (AvgIpc) is 2.98. The van der Waals surface area contributed by atoms with Gasteiger partial charge in [-0.3, -0.25) is 4.79 Å². The van der Waals surface area contributed by atoms with Crippen molar-refractivity contribution in [3.05, 3.63) is 29.6 Å². The Hall–Kier alpha value is -1.83. The van der Waals surface area contributed by atoms with Gasteiger partial charge in [0.15, 0.2) is 23.8 Å². The third kappa shape index (κ3) is 3.19. The van der Waals surface area contributed by atoms with E-state index in [9.17, 15) is 27.5 Å². The molecule has 2 aliphatic rings. The van der Waals surface area contributed by atoms with Crippen molar-refractivity contribution in [1.29, 1.82) is 0 Å². The van der Waals surface area contributed by atoms with Crippen molar-refractivity contribution in [3.8, 4) is 5.75 Å². The van der Waals surface area contributed by atoms with E-state index in [4.69, 9.17) is 4.74 Å². The van der Waals surface area contributed by atoms with Gasteiger partial charge in [0, 0.05) is 25.1 Å². The average molecular weight is 347 g/mol. The Morgan fingerprint density at radius 1 is 1.29 bits per heavy atom. The molecule has 0 aliphatic carbocycles. The summed E-state index contributed by atoms with van der Waals surface area (Å²) in [5, 5.41) is 9.30. The van der Waals surface area contributed by atoms with Crippen molar-refractivity contribution in [3.63, 3.8) is 0 Å². The van der Waals surface area contributed by atoms with Gasteiger partial charge in [0.2, 0.25) is 0 Å². The van der Waals surface area contributed by atoms with E-state index in [2.05, 4.69) is 0 Å². The number of fused-ring (bicyclic) bond motifs is 1. The van der Waals surface area contributed by atoms with E-state index in [1.165, 1.54) is 17.0 Å². The summed E-state index contributed by atoms with van der Waals surface area (Å²) in [6.07, 6.45) is -7.47. The van der Waals surface area contributed by atoms with Crippen LogP contribution in [0.15, 0.2) is 18.2 Å². The number of piperidine rings is 1. The Balaban J connectivity index is 1.58. The van der Waals surface area contributed by atoms with Crippen LogP contribution in [0.2, 0.25) is 0 Å². The summed E-state index contributed by atoms with van der Waals surface area (Å²) in [5.41, 5.74) is 0.607. The topological polar surface area (TPSA) is 49.8 Å². The van der Waals surface area contributed by atoms with Crippen molar-refractivity contribution in [2.75, 3.05) is 13.1 Å². The van der Waals surface area contributed by atoms with Crippen LogP contribution in [0.4, 0.5) is 17.6 Å². The van der Waals surface area contributed by atoms with Crippen molar-refractivity contribution in [1.82, 2.24) is 4.90 Å². The highest BCUT2D eigenvalue weighted by molar-refractivity contribution is 5.82. The SMILES string of the molecule is O=C(C1Cc2cccc(F)c2O1)N1CCC(C(O)C(F)(F)F)CC1. The quantitative estimate of drug-likeness (QED) is 0.835. The van der Waals surface area contributed by atoms with Gasteiger partial charge in [0.1, 0.15) is 0 Å². The molecule has 1 aromatic carbocycles. The van der Waals surface area contributed by atoms with Gasteiger partial charge in [-0.05, 0) is 24.8 Å². The lowest BCUT2D eigenvalue weighted by atomic mass is 9.90. The number of carbonyl (C=O) groups excluding carboxylic acids is 1. The van der Waals surface area contributed by atoms with Crippen molar-refractivity contribution < 1.29 is 32.2 Å². The van der Waals surface area contributed by atoms with Gasteiger partial charge in [-0.25, -0.2) is 4.39 Å². The Bertz CT molecular complexity index is 626. The van der Waals surface area contributed by atoms with E-state index >= 15 is 0 Å². The number of carbonyl (C=O) groups is 1. The molecule has 0 aromatic heterocycles. The molecule has 0 bridgehead atoms. The number of aliphatic hydroxyl groups excluding tert-OH is 1. The minimum absolute atomic E-state index is 0.0678. The molecule has 24 heavy (non-hydrogen) atoms. The second-order valence-electron chi connectivity index (χ2n) is 6.19. The summed E-state index contributed by atoms with van der Waals surface area (Å²) in [4.78, 5) is 13.9. The molecular formula is C16H17F4NO3. The van der Waals surface area contributed by atoms with Crippen LogP contribution in [0.5, 0.6) is 5.75 Å². The smallest absolute Gasteiger partial charge is 0.414 e. The first kappa shape index (κ1) is 17.0. The molecule has 0 radical (unpaired) electrons. The first-order valence-electron chi connectivity index (χ1n) is 7.75. The summed E-state index contributed by atoms with van der Waals surface area (Å²) < 4.78 is 56.6. The van der Waals surface area contributed by atoms with E-state index in [1.54, 1.807) is 6.07 Å². The molecule has 8 heteroatoms. The first-order chi connectivity index (χ1) is 11.3. The highest BCUT2D eigenvalue weighted by atomic mass is 19.4. The van der Waals surface area contributed by atoms with Gasteiger partial charge in [-0.15, -0.1) is 0 Å². The minimum Gasteiger partial charge on any atom is -0.477 e.